The van der Waals surface area contributed by atoms with E-state index in [-0.39, 0.29) is 0 Å². The van der Waals surface area contributed by atoms with Gasteiger partial charge in [0.05, 0.1) is 30.2 Å². The monoisotopic (exact) mass is 246 g/mol. The van der Waals surface area contributed by atoms with Crippen LogP contribution in [0, 0.1) is 6.92 Å². The fraction of sp³-hybridized carbons (Fsp3) is 0.357. The molecule has 0 aliphatic carbocycles. The standard InChI is InChI=1S/C14H18N2O2/c1-10-4-6-13(18-10)9-16(3)12-5-7-14(11(2)17)15-8-12/h4-8,11,17H,9H2,1-3H3. The Labute approximate surface area is 107 Å². The lowest BCUT2D eigenvalue weighted by atomic mass is 10.2. The van der Waals surface area contributed by atoms with E-state index in [9.17, 15) is 5.11 Å². The van der Waals surface area contributed by atoms with E-state index < -0.39 is 6.10 Å². The van der Waals surface area contributed by atoms with E-state index in [1.807, 2.05) is 38.2 Å². The Morgan fingerprint density at radius 1 is 1.33 bits per heavy atom. The molecule has 0 bridgehead atoms. The molecule has 0 radical (unpaired) electrons. The lowest BCUT2D eigenvalue weighted by Crippen LogP contribution is -2.16. The number of aliphatic hydroxyl groups is 1. The lowest BCUT2D eigenvalue weighted by Gasteiger charge is -2.18. The second-order valence-corrected chi connectivity index (χ2v) is 4.49. The third-order valence-corrected chi connectivity index (χ3v) is 2.83. The van der Waals surface area contributed by atoms with Crippen molar-refractivity contribution < 1.29 is 9.52 Å². The number of anilines is 1. The van der Waals surface area contributed by atoms with Crippen LogP contribution in [0.5, 0.6) is 0 Å². The number of aromatic nitrogens is 1. The predicted octanol–water partition coefficient (Wildman–Crippen LogP) is 2.67. The number of hydrogen-bond donors (Lipinski definition) is 1. The summed E-state index contributed by atoms with van der Waals surface area (Å²) in [5.74, 6) is 1.84. The smallest absolute Gasteiger partial charge is 0.123 e. The molecule has 1 unspecified atom stereocenters. The second-order valence-electron chi connectivity index (χ2n) is 4.49. The first-order valence-electron chi connectivity index (χ1n) is 5.96. The minimum absolute atomic E-state index is 0.530. The highest BCUT2D eigenvalue weighted by molar-refractivity contribution is 5.44. The molecule has 1 atom stereocenters. The van der Waals surface area contributed by atoms with Crippen LogP contribution in [-0.2, 0) is 6.54 Å². The molecule has 0 saturated carbocycles. The summed E-state index contributed by atoms with van der Waals surface area (Å²) >= 11 is 0. The maximum absolute atomic E-state index is 9.40. The molecule has 0 saturated heterocycles. The fourth-order valence-corrected chi connectivity index (χ4v) is 1.77. The molecule has 0 amide bonds. The minimum Gasteiger partial charge on any atom is -0.464 e. The number of hydrogen-bond acceptors (Lipinski definition) is 4. The summed E-state index contributed by atoms with van der Waals surface area (Å²) < 4.78 is 5.54. The maximum Gasteiger partial charge on any atom is 0.123 e. The summed E-state index contributed by atoms with van der Waals surface area (Å²) in [5.41, 5.74) is 1.68. The molecule has 0 aliphatic heterocycles. The van der Waals surface area contributed by atoms with Crippen molar-refractivity contribution in [1.29, 1.82) is 0 Å². The first-order valence-corrected chi connectivity index (χ1v) is 5.96. The fourth-order valence-electron chi connectivity index (χ4n) is 1.77. The van der Waals surface area contributed by atoms with Crippen molar-refractivity contribution >= 4 is 5.69 Å². The Balaban J connectivity index is 2.06. The highest BCUT2D eigenvalue weighted by Crippen LogP contribution is 2.18. The van der Waals surface area contributed by atoms with Gasteiger partial charge in [-0.3, -0.25) is 4.98 Å². The molecule has 4 heteroatoms. The van der Waals surface area contributed by atoms with Crippen LogP contribution in [0.2, 0.25) is 0 Å². The van der Waals surface area contributed by atoms with Gasteiger partial charge in [0.25, 0.3) is 0 Å². The number of pyridine rings is 1. The van der Waals surface area contributed by atoms with E-state index in [4.69, 9.17) is 4.42 Å². The molecule has 2 aromatic heterocycles. The van der Waals surface area contributed by atoms with Gasteiger partial charge in [-0.2, -0.15) is 0 Å². The molecule has 18 heavy (non-hydrogen) atoms. The highest BCUT2D eigenvalue weighted by atomic mass is 16.3. The van der Waals surface area contributed by atoms with Gasteiger partial charge in [0.1, 0.15) is 11.5 Å². The molecule has 1 N–H and O–H groups in total. The third kappa shape index (κ3) is 2.90. The molecule has 0 spiro atoms. The van der Waals surface area contributed by atoms with Crippen molar-refractivity contribution in [1.82, 2.24) is 4.98 Å². The lowest BCUT2D eigenvalue weighted by molar-refractivity contribution is 0.194. The largest absolute Gasteiger partial charge is 0.464 e. The van der Waals surface area contributed by atoms with Crippen molar-refractivity contribution in [2.45, 2.75) is 26.5 Å². The van der Waals surface area contributed by atoms with Crippen molar-refractivity contribution in [3.8, 4) is 0 Å². The quantitative estimate of drug-likeness (QED) is 0.901. The van der Waals surface area contributed by atoms with Crippen molar-refractivity contribution in [2.24, 2.45) is 0 Å². The Kier molecular flexibility index (Phi) is 3.67. The first-order chi connectivity index (χ1) is 8.56. The Morgan fingerprint density at radius 2 is 2.11 bits per heavy atom. The number of nitrogens with zero attached hydrogens (tertiary/aromatic N) is 2. The van der Waals surface area contributed by atoms with Gasteiger partial charge in [0.2, 0.25) is 0 Å². The number of rotatable bonds is 4. The maximum atomic E-state index is 9.40. The molecular formula is C14H18N2O2. The molecule has 4 nitrogen and oxygen atoms in total. The topological polar surface area (TPSA) is 49.5 Å². The Bertz CT molecular complexity index is 503. The van der Waals surface area contributed by atoms with Crippen LogP contribution in [-0.4, -0.2) is 17.1 Å². The van der Waals surface area contributed by atoms with Gasteiger partial charge in [-0.05, 0) is 38.1 Å². The molecule has 0 fully saturated rings. The van der Waals surface area contributed by atoms with Gasteiger partial charge in [-0.1, -0.05) is 0 Å². The molecule has 2 heterocycles. The minimum atomic E-state index is -0.530. The second kappa shape index (κ2) is 5.23. The molecule has 2 aromatic rings. The zero-order chi connectivity index (χ0) is 13.1. The molecular weight excluding hydrogens is 228 g/mol. The zero-order valence-electron chi connectivity index (χ0n) is 10.9. The average molecular weight is 246 g/mol. The zero-order valence-corrected chi connectivity index (χ0v) is 10.9. The van der Waals surface area contributed by atoms with Crippen LogP contribution < -0.4 is 4.90 Å². The molecule has 96 valence electrons. The normalized spacial score (nSPS) is 12.4. The summed E-state index contributed by atoms with van der Waals surface area (Å²) in [5, 5.41) is 9.40. The van der Waals surface area contributed by atoms with Gasteiger partial charge < -0.3 is 14.4 Å². The van der Waals surface area contributed by atoms with E-state index in [2.05, 4.69) is 9.88 Å². The highest BCUT2D eigenvalue weighted by Gasteiger charge is 2.07. The Hall–Kier alpha value is -1.81. The van der Waals surface area contributed by atoms with Crippen molar-refractivity contribution in [3.63, 3.8) is 0 Å². The van der Waals surface area contributed by atoms with E-state index in [1.54, 1.807) is 13.1 Å². The Morgan fingerprint density at radius 3 is 2.61 bits per heavy atom. The SMILES string of the molecule is Cc1ccc(CN(C)c2ccc(C(C)O)nc2)o1. The first kappa shape index (κ1) is 12.6. The predicted molar refractivity (Wildman–Crippen MR) is 70.4 cm³/mol. The van der Waals surface area contributed by atoms with Gasteiger partial charge in [0.15, 0.2) is 0 Å². The summed E-state index contributed by atoms with van der Waals surface area (Å²) in [4.78, 5) is 6.28. The molecule has 0 aromatic carbocycles. The van der Waals surface area contributed by atoms with Gasteiger partial charge >= 0.3 is 0 Å². The summed E-state index contributed by atoms with van der Waals surface area (Å²) in [6.45, 7) is 4.34. The van der Waals surface area contributed by atoms with Crippen LogP contribution in [0.15, 0.2) is 34.9 Å². The van der Waals surface area contributed by atoms with Crippen molar-refractivity contribution in [2.75, 3.05) is 11.9 Å². The van der Waals surface area contributed by atoms with E-state index in [0.29, 0.717) is 12.2 Å². The summed E-state index contributed by atoms with van der Waals surface area (Å²) in [6.07, 6.45) is 1.23. The van der Waals surface area contributed by atoms with E-state index in [1.165, 1.54) is 0 Å². The number of aryl methyl sites for hydroxylation is 1. The third-order valence-electron chi connectivity index (χ3n) is 2.83. The van der Waals surface area contributed by atoms with Crippen LogP contribution >= 0.6 is 0 Å². The number of aliphatic hydroxyl groups excluding tert-OH is 1. The van der Waals surface area contributed by atoms with Crippen LogP contribution in [0.1, 0.15) is 30.2 Å². The summed E-state index contributed by atoms with van der Waals surface area (Å²) in [6, 6.07) is 7.72. The van der Waals surface area contributed by atoms with Crippen LogP contribution in [0.25, 0.3) is 0 Å². The van der Waals surface area contributed by atoms with Gasteiger partial charge in [-0.25, -0.2) is 0 Å². The van der Waals surface area contributed by atoms with Crippen LogP contribution in [0.4, 0.5) is 5.69 Å². The molecule has 2 rings (SSSR count). The molecule has 0 aliphatic rings. The average Bonchev–Trinajstić information content (AvgIpc) is 2.75. The van der Waals surface area contributed by atoms with Gasteiger partial charge in [0, 0.05) is 7.05 Å². The van der Waals surface area contributed by atoms with Crippen molar-refractivity contribution in [3.05, 3.63) is 47.7 Å². The summed E-state index contributed by atoms with van der Waals surface area (Å²) in [7, 11) is 1.98. The van der Waals surface area contributed by atoms with Crippen LogP contribution in [0.3, 0.4) is 0 Å². The number of furan rings is 1. The van der Waals surface area contributed by atoms with E-state index in [0.717, 1.165) is 17.2 Å². The van der Waals surface area contributed by atoms with Gasteiger partial charge in [-0.15, -0.1) is 0 Å². The van der Waals surface area contributed by atoms with E-state index >= 15 is 0 Å².